The standard InChI is InChI=1S/C10H12BrN3O2/c1-16-7-2-6(3-7)10(15)14-9-5-12-8(11)4-13-9/h4-7H,2-3H2,1H3,(H,13,14,15). The maximum atomic E-state index is 11.7. The summed E-state index contributed by atoms with van der Waals surface area (Å²) in [4.78, 5) is 19.7. The lowest BCUT2D eigenvalue weighted by Gasteiger charge is -2.32. The number of hydrogen-bond donors (Lipinski definition) is 1. The molecule has 6 heteroatoms. The predicted octanol–water partition coefficient (Wildman–Crippen LogP) is 1.60. The highest BCUT2D eigenvalue weighted by Crippen LogP contribution is 2.30. The third-order valence-electron chi connectivity index (χ3n) is 2.67. The highest BCUT2D eigenvalue weighted by Gasteiger charge is 2.34. The number of nitrogens with one attached hydrogen (secondary N) is 1. The number of rotatable bonds is 3. The molecule has 0 atom stereocenters. The van der Waals surface area contributed by atoms with Crippen LogP contribution in [-0.2, 0) is 9.53 Å². The van der Waals surface area contributed by atoms with Crippen LogP contribution in [0.4, 0.5) is 5.82 Å². The Labute approximate surface area is 102 Å². The molecule has 1 saturated carbocycles. The lowest BCUT2D eigenvalue weighted by molar-refractivity contribution is -0.127. The third kappa shape index (κ3) is 2.56. The Balaban J connectivity index is 1.86. The Hall–Kier alpha value is -1.01. The van der Waals surface area contributed by atoms with E-state index in [4.69, 9.17) is 4.74 Å². The molecule has 0 bridgehead atoms. The van der Waals surface area contributed by atoms with Crippen LogP contribution in [0.25, 0.3) is 0 Å². The molecular formula is C10H12BrN3O2. The summed E-state index contributed by atoms with van der Waals surface area (Å²) in [5.41, 5.74) is 0. The minimum absolute atomic E-state index is 0.00933. The lowest BCUT2D eigenvalue weighted by atomic mass is 9.81. The molecule has 1 aromatic heterocycles. The van der Waals surface area contributed by atoms with Crippen LogP contribution in [0.2, 0.25) is 0 Å². The fourth-order valence-corrected chi connectivity index (χ4v) is 1.78. The van der Waals surface area contributed by atoms with Crippen LogP contribution < -0.4 is 5.32 Å². The van der Waals surface area contributed by atoms with Gasteiger partial charge in [0.1, 0.15) is 4.60 Å². The second kappa shape index (κ2) is 4.88. The quantitative estimate of drug-likeness (QED) is 0.916. The van der Waals surface area contributed by atoms with Gasteiger partial charge in [-0.2, -0.15) is 0 Å². The summed E-state index contributed by atoms with van der Waals surface area (Å²) in [6.45, 7) is 0. The highest BCUT2D eigenvalue weighted by molar-refractivity contribution is 9.10. The smallest absolute Gasteiger partial charge is 0.228 e. The monoisotopic (exact) mass is 285 g/mol. The molecule has 16 heavy (non-hydrogen) atoms. The number of nitrogens with zero attached hydrogens (tertiary/aromatic N) is 2. The number of carbonyl (C=O) groups excluding carboxylic acids is 1. The van der Waals surface area contributed by atoms with Crippen LogP contribution in [0.1, 0.15) is 12.8 Å². The van der Waals surface area contributed by atoms with E-state index in [1.54, 1.807) is 13.3 Å². The van der Waals surface area contributed by atoms with E-state index < -0.39 is 0 Å². The van der Waals surface area contributed by atoms with Crippen molar-refractivity contribution in [1.29, 1.82) is 0 Å². The van der Waals surface area contributed by atoms with Gasteiger partial charge in [-0.05, 0) is 28.8 Å². The van der Waals surface area contributed by atoms with Gasteiger partial charge >= 0.3 is 0 Å². The van der Waals surface area contributed by atoms with Gasteiger partial charge in [0, 0.05) is 13.0 Å². The number of anilines is 1. The first-order valence-corrected chi connectivity index (χ1v) is 5.79. The molecule has 1 N–H and O–H groups in total. The van der Waals surface area contributed by atoms with E-state index in [0.717, 1.165) is 12.8 Å². The molecule has 1 heterocycles. The minimum Gasteiger partial charge on any atom is -0.381 e. The molecule has 0 aliphatic heterocycles. The van der Waals surface area contributed by atoms with Crippen molar-refractivity contribution in [3.05, 3.63) is 17.0 Å². The van der Waals surface area contributed by atoms with E-state index in [1.807, 2.05) is 0 Å². The van der Waals surface area contributed by atoms with Crippen molar-refractivity contribution in [2.45, 2.75) is 18.9 Å². The Morgan fingerprint density at radius 1 is 1.50 bits per heavy atom. The van der Waals surface area contributed by atoms with Crippen LogP contribution in [0, 0.1) is 5.92 Å². The number of carbonyl (C=O) groups is 1. The molecule has 0 spiro atoms. The molecule has 1 fully saturated rings. The molecule has 0 radical (unpaired) electrons. The average Bonchev–Trinajstić information content (AvgIpc) is 2.20. The van der Waals surface area contributed by atoms with Crippen molar-refractivity contribution in [3.8, 4) is 0 Å². The first-order chi connectivity index (χ1) is 7.69. The lowest BCUT2D eigenvalue weighted by Crippen LogP contribution is -2.38. The largest absolute Gasteiger partial charge is 0.381 e. The van der Waals surface area contributed by atoms with Crippen molar-refractivity contribution in [2.75, 3.05) is 12.4 Å². The van der Waals surface area contributed by atoms with Gasteiger partial charge in [-0.15, -0.1) is 0 Å². The molecule has 2 rings (SSSR count). The molecular weight excluding hydrogens is 274 g/mol. The van der Waals surface area contributed by atoms with Crippen LogP contribution in [0.3, 0.4) is 0 Å². The van der Waals surface area contributed by atoms with Crippen molar-refractivity contribution in [1.82, 2.24) is 9.97 Å². The Morgan fingerprint density at radius 2 is 2.25 bits per heavy atom. The van der Waals surface area contributed by atoms with Gasteiger partial charge in [0.25, 0.3) is 0 Å². The predicted molar refractivity (Wildman–Crippen MR) is 61.9 cm³/mol. The highest BCUT2D eigenvalue weighted by atomic mass is 79.9. The zero-order chi connectivity index (χ0) is 11.5. The fraction of sp³-hybridized carbons (Fsp3) is 0.500. The van der Waals surface area contributed by atoms with Crippen molar-refractivity contribution in [2.24, 2.45) is 5.92 Å². The summed E-state index contributed by atoms with van der Waals surface area (Å²) in [6.07, 6.45) is 4.87. The van der Waals surface area contributed by atoms with Gasteiger partial charge in [-0.1, -0.05) is 0 Å². The van der Waals surface area contributed by atoms with E-state index in [9.17, 15) is 4.79 Å². The van der Waals surface area contributed by atoms with Gasteiger partial charge in [0.2, 0.25) is 5.91 Å². The van der Waals surface area contributed by atoms with Gasteiger partial charge in [-0.3, -0.25) is 4.79 Å². The Bertz CT molecular complexity index is 376. The van der Waals surface area contributed by atoms with Crippen molar-refractivity contribution < 1.29 is 9.53 Å². The fourth-order valence-electron chi connectivity index (χ4n) is 1.58. The maximum absolute atomic E-state index is 11.7. The summed E-state index contributed by atoms with van der Waals surface area (Å²) >= 11 is 3.18. The first kappa shape index (κ1) is 11.5. The molecule has 0 saturated heterocycles. The van der Waals surface area contributed by atoms with Gasteiger partial charge in [0.15, 0.2) is 5.82 Å². The van der Waals surface area contributed by atoms with Crippen molar-refractivity contribution in [3.63, 3.8) is 0 Å². The summed E-state index contributed by atoms with van der Waals surface area (Å²) in [5, 5.41) is 2.73. The van der Waals surface area contributed by atoms with E-state index in [0.29, 0.717) is 10.4 Å². The van der Waals surface area contributed by atoms with Crippen LogP contribution in [-0.4, -0.2) is 29.1 Å². The van der Waals surface area contributed by atoms with Gasteiger partial charge in [-0.25, -0.2) is 9.97 Å². The number of aromatic nitrogens is 2. The molecule has 0 unspecified atom stereocenters. The summed E-state index contributed by atoms with van der Waals surface area (Å²) in [6, 6.07) is 0. The number of methoxy groups -OCH3 is 1. The van der Waals surface area contributed by atoms with E-state index in [1.165, 1.54) is 6.20 Å². The van der Waals surface area contributed by atoms with Crippen molar-refractivity contribution >= 4 is 27.7 Å². The van der Waals surface area contributed by atoms with Gasteiger partial charge < -0.3 is 10.1 Å². The van der Waals surface area contributed by atoms with E-state index >= 15 is 0 Å². The van der Waals surface area contributed by atoms with Gasteiger partial charge in [0.05, 0.1) is 18.5 Å². The first-order valence-electron chi connectivity index (χ1n) is 5.00. The SMILES string of the molecule is COC1CC(C(=O)Nc2cnc(Br)cn2)C1. The Kier molecular flexibility index (Phi) is 3.50. The zero-order valence-electron chi connectivity index (χ0n) is 8.81. The summed E-state index contributed by atoms with van der Waals surface area (Å²) in [7, 11) is 1.67. The number of amides is 1. The Morgan fingerprint density at radius 3 is 2.81 bits per heavy atom. The third-order valence-corrected chi connectivity index (χ3v) is 3.08. The summed E-state index contributed by atoms with van der Waals surface area (Å²) in [5.74, 6) is 0.509. The number of halogens is 1. The molecule has 86 valence electrons. The summed E-state index contributed by atoms with van der Waals surface area (Å²) < 4.78 is 5.77. The average molecular weight is 286 g/mol. The molecule has 5 nitrogen and oxygen atoms in total. The number of ether oxygens (including phenoxy) is 1. The van der Waals surface area contributed by atoms with E-state index in [-0.39, 0.29) is 17.9 Å². The second-order valence-electron chi connectivity index (χ2n) is 3.74. The molecule has 1 aliphatic carbocycles. The minimum atomic E-state index is -0.00933. The topological polar surface area (TPSA) is 64.1 Å². The van der Waals surface area contributed by atoms with Crippen LogP contribution in [0.5, 0.6) is 0 Å². The molecule has 1 amide bonds. The van der Waals surface area contributed by atoms with E-state index in [2.05, 4.69) is 31.2 Å². The zero-order valence-corrected chi connectivity index (χ0v) is 10.4. The maximum Gasteiger partial charge on any atom is 0.228 e. The van der Waals surface area contributed by atoms with Crippen LogP contribution >= 0.6 is 15.9 Å². The van der Waals surface area contributed by atoms with Crippen LogP contribution in [0.15, 0.2) is 17.0 Å². The second-order valence-corrected chi connectivity index (χ2v) is 4.55. The molecule has 1 aliphatic rings. The molecule has 1 aromatic rings. The number of hydrogen-bond acceptors (Lipinski definition) is 4. The normalized spacial score (nSPS) is 23.6. The molecule has 0 aromatic carbocycles.